The van der Waals surface area contributed by atoms with Gasteiger partial charge in [0.25, 0.3) is 5.91 Å². The number of nitrogens with zero attached hydrogens (tertiary/aromatic N) is 4. The van der Waals surface area contributed by atoms with Gasteiger partial charge >= 0.3 is 0 Å². The highest BCUT2D eigenvalue weighted by atomic mass is 32.1. The van der Waals surface area contributed by atoms with Gasteiger partial charge in [-0.05, 0) is 6.07 Å². The number of thiazole rings is 1. The molecule has 3 aromatic rings. The fraction of sp³-hybridized carbons (Fsp3) is 0.312. The van der Waals surface area contributed by atoms with E-state index in [-0.39, 0.29) is 5.91 Å². The van der Waals surface area contributed by atoms with Crippen LogP contribution in [0.1, 0.15) is 15.4 Å². The van der Waals surface area contributed by atoms with Crippen molar-refractivity contribution in [2.24, 2.45) is 0 Å². The average molecular weight is 327 g/mol. The molecule has 0 bridgehead atoms. The second-order valence-electron chi connectivity index (χ2n) is 5.65. The number of amides is 1. The number of para-hydroxylation sites is 1. The number of aromatic amines is 1. The van der Waals surface area contributed by atoms with E-state index < -0.39 is 0 Å². The summed E-state index contributed by atoms with van der Waals surface area (Å²) in [5, 5.41) is 8.04. The Morgan fingerprint density at radius 3 is 2.83 bits per heavy atom. The van der Waals surface area contributed by atoms with E-state index in [9.17, 15) is 4.79 Å². The zero-order valence-corrected chi connectivity index (χ0v) is 13.4. The van der Waals surface area contributed by atoms with E-state index in [1.165, 1.54) is 4.88 Å². The molecule has 2 aromatic heterocycles. The Labute approximate surface area is 137 Å². The van der Waals surface area contributed by atoms with Crippen LogP contribution in [0.2, 0.25) is 0 Å². The molecular formula is C16H17N5OS. The lowest BCUT2D eigenvalue weighted by Gasteiger charge is -2.34. The Morgan fingerprint density at radius 2 is 2.04 bits per heavy atom. The third-order valence-corrected chi connectivity index (χ3v) is 4.96. The maximum Gasteiger partial charge on any atom is 0.275 e. The van der Waals surface area contributed by atoms with E-state index in [2.05, 4.69) is 20.1 Å². The lowest BCUT2D eigenvalue weighted by molar-refractivity contribution is 0.0625. The molecule has 1 N–H and O–H groups in total. The standard InChI is InChI=1S/C16H17N5OS/c22-16(15-13-3-1-2-4-14(13)18-19-15)21-7-5-20(6-8-21)10-12-9-17-11-23-12/h1-4,9,11H,5-8,10H2,(H,18,19). The molecule has 0 aliphatic carbocycles. The molecule has 23 heavy (non-hydrogen) atoms. The lowest BCUT2D eigenvalue weighted by Crippen LogP contribution is -2.48. The van der Waals surface area contributed by atoms with Gasteiger partial charge in [-0.3, -0.25) is 19.8 Å². The molecule has 0 atom stereocenters. The van der Waals surface area contributed by atoms with E-state index in [4.69, 9.17) is 0 Å². The molecule has 1 fully saturated rings. The van der Waals surface area contributed by atoms with Gasteiger partial charge in [-0.25, -0.2) is 0 Å². The van der Waals surface area contributed by atoms with Crippen LogP contribution < -0.4 is 0 Å². The lowest BCUT2D eigenvalue weighted by atomic mass is 10.2. The van der Waals surface area contributed by atoms with Crippen molar-refractivity contribution in [3.8, 4) is 0 Å². The molecule has 118 valence electrons. The number of piperazine rings is 1. The first kappa shape index (κ1) is 14.3. The van der Waals surface area contributed by atoms with Crippen LogP contribution >= 0.6 is 11.3 Å². The maximum absolute atomic E-state index is 12.7. The second-order valence-corrected chi connectivity index (χ2v) is 6.62. The van der Waals surface area contributed by atoms with Gasteiger partial charge in [-0.2, -0.15) is 5.10 Å². The molecule has 1 saturated heterocycles. The number of rotatable bonds is 3. The van der Waals surface area contributed by atoms with Crippen LogP contribution in [0.5, 0.6) is 0 Å². The fourth-order valence-electron chi connectivity index (χ4n) is 2.93. The van der Waals surface area contributed by atoms with Crippen LogP contribution in [-0.4, -0.2) is 57.1 Å². The quantitative estimate of drug-likeness (QED) is 0.799. The van der Waals surface area contributed by atoms with E-state index in [1.807, 2.05) is 40.9 Å². The molecule has 6 nitrogen and oxygen atoms in total. The van der Waals surface area contributed by atoms with Gasteiger partial charge in [0.1, 0.15) is 0 Å². The molecule has 3 heterocycles. The zero-order chi connectivity index (χ0) is 15.6. The van der Waals surface area contributed by atoms with Crippen LogP contribution in [0.15, 0.2) is 36.0 Å². The number of benzene rings is 1. The van der Waals surface area contributed by atoms with Crippen molar-refractivity contribution in [2.45, 2.75) is 6.54 Å². The van der Waals surface area contributed by atoms with Gasteiger partial charge < -0.3 is 4.90 Å². The Kier molecular flexibility index (Phi) is 3.80. The molecule has 0 radical (unpaired) electrons. The molecule has 7 heteroatoms. The van der Waals surface area contributed by atoms with Gasteiger partial charge in [0, 0.05) is 49.2 Å². The van der Waals surface area contributed by atoms with Crippen LogP contribution in [0.25, 0.3) is 10.9 Å². The van der Waals surface area contributed by atoms with Crippen molar-refractivity contribution in [2.75, 3.05) is 26.2 Å². The molecule has 0 unspecified atom stereocenters. The first-order valence-corrected chi connectivity index (χ1v) is 8.51. The summed E-state index contributed by atoms with van der Waals surface area (Å²) in [5.41, 5.74) is 3.29. The van der Waals surface area contributed by atoms with Gasteiger partial charge in [0.2, 0.25) is 0 Å². The molecule has 1 aliphatic heterocycles. The number of hydrogen-bond acceptors (Lipinski definition) is 5. The Bertz CT molecular complexity index is 805. The maximum atomic E-state index is 12.7. The highest BCUT2D eigenvalue weighted by Gasteiger charge is 2.25. The molecule has 1 amide bonds. The molecule has 1 aliphatic rings. The zero-order valence-electron chi connectivity index (χ0n) is 12.6. The predicted octanol–water partition coefficient (Wildman–Crippen LogP) is 1.98. The molecule has 0 saturated carbocycles. The van der Waals surface area contributed by atoms with E-state index in [1.54, 1.807) is 11.3 Å². The molecular weight excluding hydrogens is 310 g/mol. The summed E-state index contributed by atoms with van der Waals surface area (Å²) in [6, 6.07) is 7.74. The smallest absolute Gasteiger partial charge is 0.275 e. The predicted molar refractivity (Wildman–Crippen MR) is 89.4 cm³/mol. The number of carbonyl (C=O) groups is 1. The molecule has 4 rings (SSSR count). The van der Waals surface area contributed by atoms with Crippen molar-refractivity contribution in [3.63, 3.8) is 0 Å². The molecule has 1 aromatic carbocycles. The number of nitrogens with one attached hydrogen (secondary N) is 1. The summed E-state index contributed by atoms with van der Waals surface area (Å²) < 4.78 is 0. The van der Waals surface area contributed by atoms with Crippen LogP contribution in [0, 0.1) is 0 Å². The highest BCUT2D eigenvalue weighted by Crippen LogP contribution is 2.18. The monoisotopic (exact) mass is 327 g/mol. The number of carbonyl (C=O) groups excluding carboxylic acids is 1. The van der Waals surface area contributed by atoms with Gasteiger partial charge in [0.05, 0.1) is 11.0 Å². The minimum absolute atomic E-state index is 0.0138. The average Bonchev–Trinajstić information content (AvgIpc) is 3.24. The summed E-state index contributed by atoms with van der Waals surface area (Å²) in [6.07, 6.45) is 1.91. The van der Waals surface area contributed by atoms with Gasteiger partial charge in [-0.15, -0.1) is 11.3 Å². The largest absolute Gasteiger partial charge is 0.335 e. The number of fused-ring (bicyclic) bond motifs is 1. The molecule has 0 spiro atoms. The van der Waals surface area contributed by atoms with Crippen molar-refractivity contribution in [1.29, 1.82) is 0 Å². The van der Waals surface area contributed by atoms with Crippen LogP contribution in [0.4, 0.5) is 0 Å². The van der Waals surface area contributed by atoms with E-state index >= 15 is 0 Å². The topological polar surface area (TPSA) is 65.1 Å². The number of aromatic nitrogens is 3. The summed E-state index contributed by atoms with van der Waals surface area (Å²) in [7, 11) is 0. The van der Waals surface area contributed by atoms with Crippen molar-refractivity contribution in [1.82, 2.24) is 25.0 Å². The van der Waals surface area contributed by atoms with Gasteiger partial charge in [-0.1, -0.05) is 18.2 Å². The first-order valence-electron chi connectivity index (χ1n) is 7.63. The fourth-order valence-corrected chi connectivity index (χ4v) is 3.56. The van der Waals surface area contributed by atoms with Gasteiger partial charge in [0.15, 0.2) is 5.69 Å². The second kappa shape index (κ2) is 6.10. The number of hydrogen-bond donors (Lipinski definition) is 1. The van der Waals surface area contributed by atoms with Crippen LogP contribution in [0.3, 0.4) is 0 Å². The van der Waals surface area contributed by atoms with Crippen LogP contribution in [-0.2, 0) is 6.54 Å². The first-order chi connectivity index (χ1) is 11.3. The number of H-pyrrole nitrogens is 1. The van der Waals surface area contributed by atoms with E-state index in [0.29, 0.717) is 5.69 Å². The minimum Gasteiger partial charge on any atom is -0.335 e. The summed E-state index contributed by atoms with van der Waals surface area (Å²) in [5.74, 6) is 0.0138. The third-order valence-electron chi connectivity index (χ3n) is 4.20. The third kappa shape index (κ3) is 2.85. The van der Waals surface area contributed by atoms with Crippen molar-refractivity contribution < 1.29 is 4.79 Å². The van der Waals surface area contributed by atoms with E-state index in [0.717, 1.165) is 43.6 Å². The SMILES string of the molecule is O=C(c1n[nH]c2ccccc12)N1CCN(Cc2cncs2)CC1. The summed E-state index contributed by atoms with van der Waals surface area (Å²) in [6.45, 7) is 4.15. The Morgan fingerprint density at radius 1 is 1.22 bits per heavy atom. The summed E-state index contributed by atoms with van der Waals surface area (Å²) in [4.78, 5) is 22.3. The van der Waals surface area contributed by atoms with Crippen molar-refractivity contribution >= 4 is 28.1 Å². The Hall–Kier alpha value is -2.25. The minimum atomic E-state index is 0.0138. The van der Waals surface area contributed by atoms with Crippen molar-refractivity contribution in [3.05, 3.63) is 46.5 Å². The highest BCUT2D eigenvalue weighted by molar-refractivity contribution is 7.09. The Balaban J connectivity index is 1.43. The normalized spacial score (nSPS) is 16.1. The summed E-state index contributed by atoms with van der Waals surface area (Å²) >= 11 is 1.68.